The second-order valence-corrected chi connectivity index (χ2v) is 3.92. The van der Waals surface area contributed by atoms with Crippen LogP contribution >= 0.6 is 0 Å². The lowest BCUT2D eigenvalue weighted by Crippen LogP contribution is -2.26. The molecule has 0 aliphatic carbocycles. The van der Waals surface area contributed by atoms with Gasteiger partial charge in [0.25, 0.3) is 0 Å². The minimum absolute atomic E-state index is 0.0524. The van der Waals surface area contributed by atoms with Crippen LogP contribution < -0.4 is 0 Å². The van der Waals surface area contributed by atoms with Crippen molar-refractivity contribution in [3.05, 3.63) is 0 Å². The zero-order valence-electron chi connectivity index (χ0n) is 9.65. The van der Waals surface area contributed by atoms with Crippen molar-refractivity contribution in [3.8, 4) is 0 Å². The van der Waals surface area contributed by atoms with Gasteiger partial charge in [0.15, 0.2) is 6.29 Å². The van der Waals surface area contributed by atoms with E-state index >= 15 is 0 Å². The number of aliphatic hydroxyl groups is 1. The van der Waals surface area contributed by atoms with Crippen LogP contribution in [0.2, 0.25) is 0 Å². The van der Waals surface area contributed by atoms with Gasteiger partial charge in [0.05, 0.1) is 12.7 Å². The van der Waals surface area contributed by atoms with Crippen LogP contribution in [0.25, 0.3) is 0 Å². The van der Waals surface area contributed by atoms with Gasteiger partial charge in [-0.25, -0.2) is 0 Å². The molecule has 3 atom stereocenters. The molecule has 4 nitrogen and oxygen atoms in total. The monoisotopic (exact) mass is 218 g/mol. The Kier molecular flexibility index (Phi) is 6.17. The molecule has 0 spiro atoms. The van der Waals surface area contributed by atoms with E-state index in [1.54, 1.807) is 7.11 Å². The predicted molar refractivity (Wildman–Crippen MR) is 56.6 cm³/mol. The largest absolute Gasteiger partial charge is 0.390 e. The molecule has 0 radical (unpaired) electrons. The lowest BCUT2D eigenvalue weighted by molar-refractivity contribution is -0.114. The fourth-order valence-corrected chi connectivity index (χ4v) is 1.76. The first-order valence-corrected chi connectivity index (χ1v) is 5.69. The van der Waals surface area contributed by atoms with Gasteiger partial charge in [-0.2, -0.15) is 0 Å². The summed E-state index contributed by atoms with van der Waals surface area (Å²) in [5.74, 6) is 0.0524. The zero-order chi connectivity index (χ0) is 11.1. The zero-order valence-corrected chi connectivity index (χ0v) is 9.65. The van der Waals surface area contributed by atoms with E-state index in [-0.39, 0.29) is 12.2 Å². The van der Waals surface area contributed by atoms with Crippen molar-refractivity contribution in [1.82, 2.24) is 0 Å². The third-order valence-corrected chi connectivity index (χ3v) is 2.75. The van der Waals surface area contributed by atoms with Crippen LogP contribution in [0.4, 0.5) is 0 Å². The van der Waals surface area contributed by atoms with Gasteiger partial charge in [0.2, 0.25) is 0 Å². The summed E-state index contributed by atoms with van der Waals surface area (Å²) in [6.45, 7) is 3.99. The van der Waals surface area contributed by atoms with Crippen LogP contribution in [0.15, 0.2) is 0 Å². The molecule has 1 heterocycles. The quantitative estimate of drug-likeness (QED) is 0.652. The normalized spacial score (nSPS) is 31.0. The number of aliphatic hydroxyl groups excluding tert-OH is 1. The van der Waals surface area contributed by atoms with Crippen molar-refractivity contribution in [2.24, 2.45) is 5.92 Å². The van der Waals surface area contributed by atoms with Crippen molar-refractivity contribution in [3.63, 3.8) is 0 Å². The summed E-state index contributed by atoms with van der Waals surface area (Å²) in [5, 5.41) is 9.63. The van der Waals surface area contributed by atoms with E-state index in [1.165, 1.54) is 0 Å². The van der Waals surface area contributed by atoms with E-state index < -0.39 is 6.10 Å². The summed E-state index contributed by atoms with van der Waals surface area (Å²) in [6, 6.07) is 0. The minimum Gasteiger partial charge on any atom is -0.390 e. The number of hydrogen-bond acceptors (Lipinski definition) is 4. The highest BCUT2D eigenvalue weighted by molar-refractivity contribution is 4.78. The molecule has 1 aliphatic rings. The number of rotatable bonds is 7. The van der Waals surface area contributed by atoms with Crippen LogP contribution in [-0.4, -0.2) is 44.4 Å². The second-order valence-electron chi connectivity index (χ2n) is 3.92. The topological polar surface area (TPSA) is 47.9 Å². The molecule has 0 aromatic heterocycles. The Morgan fingerprint density at radius 3 is 2.87 bits per heavy atom. The van der Waals surface area contributed by atoms with E-state index in [1.807, 2.05) is 0 Å². The Morgan fingerprint density at radius 1 is 1.40 bits per heavy atom. The highest BCUT2D eigenvalue weighted by Gasteiger charge is 2.35. The van der Waals surface area contributed by atoms with Gasteiger partial charge >= 0.3 is 0 Å². The van der Waals surface area contributed by atoms with Crippen LogP contribution in [0, 0.1) is 5.92 Å². The predicted octanol–water partition coefficient (Wildman–Crippen LogP) is 1.17. The van der Waals surface area contributed by atoms with Gasteiger partial charge in [-0.15, -0.1) is 0 Å². The summed E-state index contributed by atoms with van der Waals surface area (Å²) in [7, 11) is 1.60. The maximum Gasteiger partial charge on any atom is 0.162 e. The molecule has 15 heavy (non-hydrogen) atoms. The Balaban J connectivity index is 2.13. The van der Waals surface area contributed by atoms with Gasteiger partial charge in [-0.3, -0.25) is 0 Å². The first kappa shape index (κ1) is 12.9. The average molecular weight is 218 g/mol. The Morgan fingerprint density at radius 2 is 2.20 bits per heavy atom. The molecule has 0 amide bonds. The SMILES string of the molecule is CCCCOCC[C@@H]1C(OC)OC[C@@H]1O. The van der Waals surface area contributed by atoms with Crippen molar-refractivity contribution < 1.29 is 19.3 Å². The molecule has 1 unspecified atom stereocenters. The molecule has 1 fully saturated rings. The van der Waals surface area contributed by atoms with Crippen molar-refractivity contribution >= 4 is 0 Å². The summed E-state index contributed by atoms with van der Waals surface area (Å²) in [5.41, 5.74) is 0. The molecule has 4 heteroatoms. The van der Waals surface area contributed by atoms with Crippen LogP contribution in [0.5, 0.6) is 0 Å². The fourth-order valence-electron chi connectivity index (χ4n) is 1.76. The minimum atomic E-state index is -0.412. The first-order valence-electron chi connectivity index (χ1n) is 5.69. The fraction of sp³-hybridized carbons (Fsp3) is 1.00. The van der Waals surface area contributed by atoms with Crippen LogP contribution in [0.1, 0.15) is 26.2 Å². The Labute approximate surface area is 91.5 Å². The standard InChI is InChI=1S/C11H22O4/c1-3-4-6-14-7-5-9-10(12)8-15-11(9)13-2/h9-12H,3-8H2,1-2H3/t9-,10-,11?/m0/s1. The molecule has 90 valence electrons. The van der Waals surface area contributed by atoms with Gasteiger partial charge < -0.3 is 19.3 Å². The molecule has 0 aromatic carbocycles. The van der Waals surface area contributed by atoms with Crippen molar-refractivity contribution in [1.29, 1.82) is 0 Å². The number of unbranched alkanes of at least 4 members (excludes halogenated alkanes) is 1. The molecule has 0 bridgehead atoms. The summed E-state index contributed by atoms with van der Waals surface area (Å²) < 4.78 is 15.9. The highest BCUT2D eigenvalue weighted by Crippen LogP contribution is 2.25. The van der Waals surface area contributed by atoms with E-state index in [0.29, 0.717) is 13.2 Å². The van der Waals surface area contributed by atoms with Gasteiger partial charge in [-0.05, 0) is 12.8 Å². The Hall–Kier alpha value is -0.160. The van der Waals surface area contributed by atoms with E-state index in [4.69, 9.17) is 14.2 Å². The summed E-state index contributed by atoms with van der Waals surface area (Å²) in [6.07, 6.45) is 2.36. The lowest BCUT2D eigenvalue weighted by Gasteiger charge is -2.18. The van der Waals surface area contributed by atoms with Gasteiger partial charge in [0, 0.05) is 26.2 Å². The molecular formula is C11H22O4. The molecule has 1 rings (SSSR count). The molecule has 1 saturated heterocycles. The first-order chi connectivity index (χ1) is 7.29. The van der Waals surface area contributed by atoms with Crippen molar-refractivity contribution in [2.75, 3.05) is 26.9 Å². The lowest BCUT2D eigenvalue weighted by atomic mass is 10.0. The third kappa shape index (κ3) is 4.07. The second kappa shape index (κ2) is 7.17. The maximum atomic E-state index is 9.63. The Bertz CT molecular complexity index is 163. The number of methoxy groups -OCH3 is 1. The molecule has 1 aliphatic heterocycles. The summed E-state index contributed by atoms with van der Waals surface area (Å²) in [4.78, 5) is 0. The number of ether oxygens (including phenoxy) is 3. The number of hydrogen-bond donors (Lipinski definition) is 1. The van der Waals surface area contributed by atoms with Crippen LogP contribution in [0.3, 0.4) is 0 Å². The molecule has 0 saturated carbocycles. The highest BCUT2D eigenvalue weighted by atomic mass is 16.7. The van der Waals surface area contributed by atoms with E-state index in [9.17, 15) is 5.11 Å². The average Bonchev–Trinajstić information content (AvgIpc) is 2.60. The maximum absolute atomic E-state index is 9.63. The van der Waals surface area contributed by atoms with E-state index in [0.717, 1.165) is 25.9 Å². The summed E-state index contributed by atoms with van der Waals surface area (Å²) >= 11 is 0. The van der Waals surface area contributed by atoms with Gasteiger partial charge in [0.1, 0.15) is 0 Å². The smallest absolute Gasteiger partial charge is 0.162 e. The van der Waals surface area contributed by atoms with Crippen LogP contribution in [-0.2, 0) is 14.2 Å². The van der Waals surface area contributed by atoms with Gasteiger partial charge in [-0.1, -0.05) is 13.3 Å². The third-order valence-electron chi connectivity index (χ3n) is 2.75. The van der Waals surface area contributed by atoms with Crippen molar-refractivity contribution in [2.45, 2.75) is 38.6 Å². The molecule has 1 N–H and O–H groups in total. The van der Waals surface area contributed by atoms with E-state index in [2.05, 4.69) is 6.92 Å². The molecular weight excluding hydrogens is 196 g/mol. The molecule has 0 aromatic rings.